The topological polar surface area (TPSA) is 70.1 Å². The Morgan fingerprint density at radius 3 is 2.71 bits per heavy atom. The average Bonchev–Trinajstić information content (AvgIpc) is 2.61. The van der Waals surface area contributed by atoms with Crippen LogP contribution >= 0.6 is 0 Å². The minimum Gasteiger partial charge on any atom is -0.497 e. The standard InChI is InChI=1S/C18H26N2O4/c1-19(11-12-21)18(23)15-5-8-17(22)20(13-15)10-9-14-3-6-16(24-2)7-4-14/h3-4,6-7,15,21H,5,8-13H2,1-2H3/t15-/m0/s1. The van der Waals surface area contributed by atoms with Gasteiger partial charge in [-0.15, -0.1) is 0 Å². The number of carbonyl (C=O) groups is 2. The number of likely N-dealkylation sites (N-methyl/N-ethyl adjacent to an activating group) is 1. The first-order valence-electron chi connectivity index (χ1n) is 8.31. The number of hydrogen-bond acceptors (Lipinski definition) is 4. The van der Waals surface area contributed by atoms with E-state index in [1.807, 2.05) is 24.3 Å². The number of amides is 2. The molecule has 2 amide bonds. The molecule has 132 valence electrons. The number of nitrogens with zero attached hydrogens (tertiary/aromatic N) is 2. The molecule has 1 aliphatic heterocycles. The summed E-state index contributed by atoms with van der Waals surface area (Å²) in [5.74, 6) is 0.754. The van der Waals surface area contributed by atoms with Crippen LogP contribution in [0.2, 0.25) is 0 Å². The van der Waals surface area contributed by atoms with Gasteiger partial charge in [-0.05, 0) is 30.5 Å². The monoisotopic (exact) mass is 334 g/mol. The van der Waals surface area contributed by atoms with Crippen molar-refractivity contribution in [3.05, 3.63) is 29.8 Å². The SMILES string of the molecule is COc1ccc(CCN2C[C@@H](C(=O)N(C)CCO)CCC2=O)cc1. The maximum Gasteiger partial charge on any atom is 0.227 e. The van der Waals surface area contributed by atoms with Crippen LogP contribution in [0.3, 0.4) is 0 Å². The van der Waals surface area contributed by atoms with Crippen LogP contribution in [0.25, 0.3) is 0 Å². The summed E-state index contributed by atoms with van der Waals surface area (Å²) in [6.45, 7) is 1.35. The lowest BCUT2D eigenvalue weighted by Crippen LogP contribution is -2.47. The number of piperidine rings is 1. The van der Waals surface area contributed by atoms with Crippen molar-refractivity contribution in [2.45, 2.75) is 19.3 Å². The fraction of sp³-hybridized carbons (Fsp3) is 0.556. The Balaban J connectivity index is 1.90. The maximum absolute atomic E-state index is 12.3. The van der Waals surface area contributed by atoms with Gasteiger partial charge in [0.2, 0.25) is 11.8 Å². The van der Waals surface area contributed by atoms with Gasteiger partial charge in [0.1, 0.15) is 5.75 Å². The second-order valence-electron chi connectivity index (χ2n) is 6.16. The number of carbonyl (C=O) groups excluding carboxylic acids is 2. The van der Waals surface area contributed by atoms with E-state index in [2.05, 4.69) is 0 Å². The van der Waals surface area contributed by atoms with Crippen molar-refractivity contribution in [1.29, 1.82) is 0 Å². The van der Waals surface area contributed by atoms with Crippen LogP contribution in [0, 0.1) is 5.92 Å². The van der Waals surface area contributed by atoms with E-state index in [0.717, 1.165) is 17.7 Å². The molecule has 2 rings (SSSR count). The zero-order valence-corrected chi connectivity index (χ0v) is 14.4. The Bertz CT molecular complexity index is 559. The molecule has 1 saturated heterocycles. The van der Waals surface area contributed by atoms with Crippen molar-refractivity contribution in [3.63, 3.8) is 0 Å². The highest BCUT2D eigenvalue weighted by molar-refractivity contribution is 5.83. The van der Waals surface area contributed by atoms with Gasteiger partial charge in [0, 0.05) is 33.1 Å². The van der Waals surface area contributed by atoms with Crippen molar-refractivity contribution < 1.29 is 19.4 Å². The molecule has 1 aromatic rings. The fourth-order valence-corrected chi connectivity index (χ4v) is 2.96. The molecule has 1 atom stereocenters. The summed E-state index contributed by atoms with van der Waals surface area (Å²) in [6.07, 6.45) is 1.75. The van der Waals surface area contributed by atoms with E-state index >= 15 is 0 Å². The minimum atomic E-state index is -0.171. The van der Waals surface area contributed by atoms with E-state index in [1.165, 1.54) is 0 Å². The van der Waals surface area contributed by atoms with E-state index in [4.69, 9.17) is 9.84 Å². The molecule has 1 aromatic carbocycles. The number of ether oxygens (including phenoxy) is 1. The lowest BCUT2D eigenvalue weighted by molar-refractivity contribution is -0.142. The number of aliphatic hydroxyl groups is 1. The van der Waals surface area contributed by atoms with Gasteiger partial charge in [0.05, 0.1) is 19.6 Å². The highest BCUT2D eigenvalue weighted by Crippen LogP contribution is 2.20. The third-order valence-electron chi connectivity index (χ3n) is 4.49. The second-order valence-corrected chi connectivity index (χ2v) is 6.16. The summed E-state index contributed by atoms with van der Waals surface area (Å²) >= 11 is 0. The van der Waals surface area contributed by atoms with Crippen molar-refractivity contribution >= 4 is 11.8 Å². The normalized spacial score (nSPS) is 17.7. The first kappa shape index (κ1) is 18.3. The quantitative estimate of drug-likeness (QED) is 0.805. The van der Waals surface area contributed by atoms with Crippen molar-refractivity contribution in [2.75, 3.05) is 40.4 Å². The van der Waals surface area contributed by atoms with E-state index in [0.29, 0.717) is 32.5 Å². The Labute approximate surface area is 143 Å². The third kappa shape index (κ3) is 4.71. The van der Waals surface area contributed by atoms with Gasteiger partial charge >= 0.3 is 0 Å². The third-order valence-corrected chi connectivity index (χ3v) is 4.49. The smallest absolute Gasteiger partial charge is 0.227 e. The van der Waals surface area contributed by atoms with E-state index in [1.54, 1.807) is 24.0 Å². The molecule has 6 heteroatoms. The van der Waals surface area contributed by atoms with Crippen LogP contribution in [0.1, 0.15) is 18.4 Å². The number of rotatable bonds is 7. The Kier molecular flexibility index (Phi) is 6.61. The summed E-state index contributed by atoms with van der Waals surface area (Å²) < 4.78 is 5.14. The molecular weight excluding hydrogens is 308 g/mol. The Morgan fingerprint density at radius 2 is 2.08 bits per heavy atom. The van der Waals surface area contributed by atoms with Gasteiger partial charge in [-0.2, -0.15) is 0 Å². The molecule has 0 saturated carbocycles. The van der Waals surface area contributed by atoms with Crippen molar-refractivity contribution in [3.8, 4) is 5.75 Å². The molecule has 6 nitrogen and oxygen atoms in total. The summed E-state index contributed by atoms with van der Waals surface area (Å²) in [5, 5.41) is 8.96. The molecule has 1 heterocycles. The van der Waals surface area contributed by atoms with Crippen LogP contribution in [0.4, 0.5) is 0 Å². The maximum atomic E-state index is 12.3. The molecule has 1 fully saturated rings. The fourth-order valence-electron chi connectivity index (χ4n) is 2.96. The van der Waals surface area contributed by atoms with Crippen molar-refractivity contribution in [1.82, 2.24) is 9.80 Å². The van der Waals surface area contributed by atoms with Crippen LogP contribution in [-0.2, 0) is 16.0 Å². The number of methoxy groups -OCH3 is 1. The minimum absolute atomic E-state index is 0.00555. The predicted octanol–water partition coefficient (Wildman–Crippen LogP) is 0.927. The molecule has 24 heavy (non-hydrogen) atoms. The van der Waals surface area contributed by atoms with E-state index < -0.39 is 0 Å². The largest absolute Gasteiger partial charge is 0.497 e. The Morgan fingerprint density at radius 1 is 1.38 bits per heavy atom. The zero-order chi connectivity index (χ0) is 17.5. The average molecular weight is 334 g/mol. The first-order valence-corrected chi connectivity index (χ1v) is 8.31. The molecule has 0 bridgehead atoms. The van der Waals surface area contributed by atoms with Crippen LogP contribution < -0.4 is 4.74 Å². The van der Waals surface area contributed by atoms with Gasteiger partial charge in [0.25, 0.3) is 0 Å². The highest BCUT2D eigenvalue weighted by atomic mass is 16.5. The van der Waals surface area contributed by atoms with Gasteiger partial charge < -0.3 is 19.6 Å². The summed E-state index contributed by atoms with van der Waals surface area (Å²) in [5.41, 5.74) is 1.13. The zero-order valence-electron chi connectivity index (χ0n) is 14.4. The number of likely N-dealkylation sites (tertiary alicyclic amines) is 1. The number of hydrogen-bond donors (Lipinski definition) is 1. The molecule has 0 aromatic heterocycles. The second kappa shape index (κ2) is 8.68. The van der Waals surface area contributed by atoms with Crippen LogP contribution in [0.5, 0.6) is 5.75 Å². The van der Waals surface area contributed by atoms with Crippen LogP contribution in [0.15, 0.2) is 24.3 Å². The summed E-state index contributed by atoms with van der Waals surface area (Å²) in [4.78, 5) is 27.8. The molecule has 1 aliphatic rings. The van der Waals surface area contributed by atoms with Gasteiger partial charge in [-0.25, -0.2) is 0 Å². The molecule has 0 radical (unpaired) electrons. The lowest BCUT2D eigenvalue weighted by atomic mass is 9.95. The van der Waals surface area contributed by atoms with Gasteiger partial charge in [0.15, 0.2) is 0 Å². The lowest BCUT2D eigenvalue weighted by Gasteiger charge is -2.33. The van der Waals surface area contributed by atoms with Gasteiger partial charge in [-0.1, -0.05) is 12.1 Å². The summed E-state index contributed by atoms with van der Waals surface area (Å²) in [6, 6.07) is 7.79. The highest BCUT2D eigenvalue weighted by Gasteiger charge is 2.31. The Hall–Kier alpha value is -2.08. The molecule has 0 aliphatic carbocycles. The molecule has 0 spiro atoms. The van der Waals surface area contributed by atoms with Gasteiger partial charge in [-0.3, -0.25) is 9.59 Å². The van der Waals surface area contributed by atoms with Crippen molar-refractivity contribution in [2.24, 2.45) is 5.92 Å². The van der Waals surface area contributed by atoms with Crippen LogP contribution in [-0.4, -0.2) is 67.1 Å². The molecule has 1 N–H and O–H groups in total. The number of benzene rings is 1. The predicted molar refractivity (Wildman–Crippen MR) is 90.7 cm³/mol. The van der Waals surface area contributed by atoms with E-state index in [9.17, 15) is 9.59 Å². The molecule has 0 unspecified atom stereocenters. The van der Waals surface area contributed by atoms with E-state index in [-0.39, 0.29) is 24.3 Å². The molecular formula is C18H26N2O4. The first-order chi connectivity index (χ1) is 11.5. The number of aliphatic hydroxyl groups excluding tert-OH is 1. The summed E-state index contributed by atoms with van der Waals surface area (Å²) in [7, 11) is 3.32.